The molecule has 1 amide bonds. The summed E-state index contributed by atoms with van der Waals surface area (Å²) in [5.41, 5.74) is 6.07. The summed E-state index contributed by atoms with van der Waals surface area (Å²) in [6.45, 7) is 4.30. The molecule has 1 aliphatic heterocycles. The van der Waals surface area contributed by atoms with Crippen LogP contribution in [0.15, 0.2) is 40.7 Å². The Morgan fingerprint density at radius 1 is 1.36 bits per heavy atom. The van der Waals surface area contributed by atoms with E-state index in [-0.39, 0.29) is 5.91 Å². The minimum absolute atomic E-state index is 0.134. The molecule has 0 fully saturated rings. The third kappa shape index (κ3) is 3.57. The summed E-state index contributed by atoms with van der Waals surface area (Å²) in [6, 6.07) is 9.20. The fourth-order valence-electron chi connectivity index (χ4n) is 3.13. The summed E-state index contributed by atoms with van der Waals surface area (Å²) in [5.74, 6) is 1.67. The first-order valence-electron chi connectivity index (χ1n) is 8.39. The second-order valence-corrected chi connectivity index (χ2v) is 7.88. The number of carbonyl (C=O) groups excluding carboxylic acids is 1. The maximum atomic E-state index is 12.5. The van der Waals surface area contributed by atoms with Crippen molar-refractivity contribution in [3.05, 3.63) is 46.3 Å². The maximum absolute atomic E-state index is 12.5. The highest BCUT2D eigenvalue weighted by molar-refractivity contribution is 8.13. The van der Waals surface area contributed by atoms with E-state index in [4.69, 9.17) is 10.7 Å². The van der Waals surface area contributed by atoms with Crippen LogP contribution in [0.4, 0.5) is 5.82 Å². The molecule has 0 bridgehead atoms. The molecule has 2 atom stereocenters. The van der Waals surface area contributed by atoms with Gasteiger partial charge in [0.2, 0.25) is 0 Å². The molecule has 3 rings (SSSR count). The molecular weight excluding hydrogens is 352 g/mol. The Bertz CT molecular complexity index is 774. The van der Waals surface area contributed by atoms with Crippen LogP contribution in [-0.2, 0) is 5.54 Å². The van der Waals surface area contributed by atoms with Crippen LogP contribution in [0.25, 0.3) is 0 Å². The van der Waals surface area contributed by atoms with Crippen LogP contribution >= 0.6 is 23.1 Å². The van der Waals surface area contributed by atoms with Crippen LogP contribution in [0.5, 0.6) is 0 Å². The number of nitrogen functional groups attached to an aromatic ring is 1. The van der Waals surface area contributed by atoms with Gasteiger partial charge in [0.25, 0.3) is 5.91 Å². The molecule has 1 aromatic carbocycles. The average molecular weight is 375 g/mol. The molecule has 2 aromatic rings. The minimum atomic E-state index is -0.415. The van der Waals surface area contributed by atoms with E-state index in [1.165, 1.54) is 0 Å². The highest BCUT2D eigenvalue weighted by Crippen LogP contribution is 2.45. The van der Waals surface area contributed by atoms with Gasteiger partial charge in [0.15, 0.2) is 5.17 Å². The van der Waals surface area contributed by atoms with E-state index in [1.807, 2.05) is 23.6 Å². The summed E-state index contributed by atoms with van der Waals surface area (Å²) in [6.07, 6.45) is 1.83. The molecule has 132 valence electrons. The third-order valence-corrected chi connectivity index (χ3v) is 6.64. The SMILES string of the molecule is CCC1CSC(NC(=O)c2ccccc2)=NC1(CC)c1nc(N)cs1. The molecule has 1 aliphatic rings. The first-order chi connectivity index (χ1) is 12.1. The molecule has 0 radical (unpaired) electrons. The van der Waals surface area contributed by atoms with Gasteiger partial charge in [-0.2, -0.15) is 0 Å². The summed E-state index contributed by atoms with van der Waals surface area (Å²) < 4.78 is 0. The maximum Gasteiger partial charge on any atom is 0.257 e. The lowest BCUT2D eigenvalue weighted by atomic mass is 9.82. The number of hydrogen-bond acceptors (Lipinski definition) is 6. The average Bonchev–Trinajstić information content (AvgIpc) is 3.09. The number of aromatic nitrogens is 1. The van der Waals surface area contributed by atoms with Gasteiger partial charge in [0.1, 0.15) is 16.4 Å². The third-order valence-electron chi connectivity index (χ3n) is 4.58. The summed E-state index contributed by atoms with van der Waals surface area (Å²) >= 11 is 3.15. The number of aliphatic imine (C=N–C) groups is 1. The number of anilines is 1. The predicted molar refractivity (Wildman–Crippen MR) is 106 cm³/mol. The first kappa shape index (κ1) is 17.9. The molecule has 5 nitrogen and oxygen atoms in total. The second-order valence-electron chi connectivity index (χ2n) is 6.01. The van der Waals surface area contributed by atoms with Crippen molar-refractivity contribution in [1.82, 2.24) is 10.3 Å². The largest absolute Gasteiger partial charge is 0.383 e. The zero-order chi connectivity index (χ0) is 17.9. The first-order valence-corrected chi connectivity index (χ1v) is 10.3. The van der Waals surface area contributed by atoms with E-state index >= 15 is 0 Å². The van der Waals surface area contributed by atoms with Crippen molar-refractivity contribution in [2.45, 2.75) is 32.2 Å². The number of amides is 1. The molecule has 3 N–H and O–H groups in total. The van der Waals surface area contributed by atoms with Gasteiger partial charge in [-0.15, -0.1) is 11.3 Å². The quantitative estimate of drug-likeness (QED) is 0.851. The number of nitrogens with zero attached hydrogens (tertiary/aromatic N) is 2. The number of amidine groups is 1. The summed E-state index contributed by atoms with van der Waals surface area (Å²) in [7, 11) is 0. The number of carbonyl (C=O) groups is 1. The normalized spacial score (nSPS) is 23.1. The van der Waals surface area contributed by atoms with Crippen molar-refractivity contribution in [3.8, 4) is 0 Å². The fourth-order valence-corrected chi connectivity index (χ4v) is 5.39. The molecule has 0 saturated heterocycles. The Labute approximate surface area is 156 Å². The van der Waals surface area contributed by atoms with E-state index < -0.39 is 5.54 Å². The monoisotopic (exact) mass is 374 g/mol. The molecule has 2 heterocycles. The summed E-state index contributed by atoms with van der Waals surface area (Å²) in [4.78, 5) is 22.0. The fraction of sp³-hybridized carbons (Fsp3) is 0.389. The van der Waals surface area contributed by atoms with Gasteiger partial charge in [0, 0.05) is 16.7 Å². The number of nitrogens with two attached hydrogens (primary N) is 1. The molecule has 25 heavy (non-hydrogen) atoms. The zero-order valence-corrected chi connectivity index (χ0v) is 16.0. The van der Waals surface area contributed by atoms with Crippen LogP contribution in [0, 0.1) is 5.92 Å². The highest BCUT2D eigenvalue weighted by atomic mass is 32.2. The number of benzene rings is 1. The molecule has 7 heteroatoms. The Morgan fingerprint density at radius 2 is 2.12 bits per heavy atom. The molecular formula is C18H22N4OS2. The van der Waals surface area contributed by atoms with Gasteiger partial charge in [-0.25, -0.2) is 9.98 Å². The van der Waals surface area contributed by atoms with Gasteiger partial charge in [-0.3, -0.25) is 4.79 Å². The molecule has 0 saturated carbocycles. The minimum Gasteiger partial charge on any atom is -0.383 e. The van der Waals surface area contributed by atoms with Gasteiger partial charge >= 0.3 is 0 Å². The van der Waals surface area contributed by atoms with E-state index in [2.05, 4.69) is 24.1 Å². The smallest absolute Gasteiger partial charge is 0.257 e. The van der Waals surface area contributed by atoms with Gasteiger partial charge in [-0.05, 0) is 30.9 Å². The van der Waals surface area contributed by atoms with Crippen LogP contribution < -0.4 is 11.1 Å². The van der Waals surface area contributed by atoms with Gasteiger partial charge in [-0.1, -0.05) is 43.8 Å². The van der Waals surface area contributed by atoms with E-state index in [1.54, 1.807) is 35.2 Å². The van der Waals surface area contributed by atoms with Crippen molar-refractivity contribution < 1.29 is 4.79 Å². The number of hydrogen-bond donors (Lipinski definition) is 2. The van der Waals surface area contributed by atoms with Gasteiger partial charge < -0.3 is 11.1 Å². The Kier molecular flexibility index (Phi) is 5.44. The molecule has 2 unspecified atom stereocenters. The Morgan fingerprint density at radius 3 is 2.72 bits per heavy atom. The number of thiazole rings is 1. The van der Waals surface area contributed by atoms with E-state index in [0.717, 1.165) is 23.6 Å². The number of rotatable bonds is 4. The van der Waals surface area contributed by atoms with Gasteiger partial charge in [0.05, 0.1) is 0 Å². The van der Waals surface area contributed by atoms with Crippen molar-refractivity contribution in [2.24, 2.45) is 10.9 Å². The zero-order valence-electron chi connectivity index (χ0n) is 14.4. The number of thioether (sulfide) groups is 1. The van der Waals surface area contributed by atoms with Crippen LogP contribution in [0.3, 0.4) is 0 Å². The van der Waals surface area contributed by atoms with E-state index in [0.29, 0.717) is 22.5 Å². The van der Waals surface area contributed by atoms with Crippen LogP contribution in [0.2, 0.25) is 0 Å². The lowest BCUT2D eigenvalue weighted by molar-refractivity contribution is 0.0977. The number of nitrogens with one attached hydrogen (secondary N) is 1. The molecule has 1 aromatic heterocycles. The van der Waals surface area contributed by atoms with Crippen molar-refractivity contribution in [1.29, 1.82) is 0 Å². The van der Waals surface area contributed by atoms with Crippen molar-refractivity contribution >= 4 is 40.0 Å². The lowest BCUT2D eigenvalue weighted by Crippen LogP contribution is -2.42. The lowest BCUT2D eigenvalue weighted by Gasteiger charge is -2.38. The van der Waals surface area contributed by atoms with Crippen molar-refractivity contribution in [2.75, 3.05) is 11.5 Å². The summed E-state index contributed by atoms with van der Waals surface area (Å²) in [5, 5.41) is 6.42. The highest BCUT2D eigenvalue weighted by Gasteiger charge is 2.43. The van der Waals surface area contributed by atoms with E-state index in [9.17, 15) is 4.79 Å². The Balaban J connectivity index is 1.92. The van der Waals surface area contributed by atoms with Crippen LogP contribution in [-0.4, -0.2) is 21.8 Å². The molecule has 0 spiro atoms. The van der Waals surface area contributed by atoms with Crippen LogP contribution in [0.1, 0.15) is 42.1 Å². The predicted octanol–water partition coefficient (Wildman–Crippen LogP) is 3.89. The standard InChI is InChI=1S/C18H22N4OS2/c1-3-13-10-25-17(21-15(23)12-8-6-5-7-9-12)22-18(13,4-2)16-20-14(19)11-24-16/h5-9,11,13H,3-4,10,19H2,1-2H3,(H,21,22,23). The molecule has 0 aliphatic carbocycles. The Hall–Kier alpha value is -1.86. The second kappa shape index (κ2) is 7.58. The van der Waals surface area contributed by atoms with Crippen molar-refractivity contribution in [3.63, 3.8) is 0 Å². The topological polar surface area (TPSA) is 80.4 Å².